The van der Waals surface area contributed by atoms with Crippen LogP contribution in [0.5, 0.6) is 0 Å². The minimum absolute atomic E-state index is 0.803. The third-order valence-corrected chi connectivity index (χ3v) is 4.92. The van der Waals surface area contributed by atoms with Crippen LogP contribution < -0.4 is 4.90 Å². The molecule has 2 aromatic heterocycles. The van der Waals surface area contributed by atoms with Gasteiger partial charge in [0.1, 0.15) is 11.6 Å². The summed E-state index contributed by atoms with van der Waals surface area (Å²) in [6.45, 7) is 7.19. The van der Waals surface area contributed by atoms with E-state index in [1.165, 1.54) is 5.56 Å². The molecular weight excluding hydrogens is 312 g/mol. The number of hydrogen-bond acceptors (Lipinski definition) is 5. The van der Waals surface area contributed by atoms with E-state index < -0.39 is 0 Å². The molecule has 0 unspecified atom stereocenters. The molecule has 0 N–H and O–H groups in total. The van der Waals surface area contributed by atoms with Crippen LogP contribution in [0.3, 0.4) is 0 Å². The summed E-state index contributed by atoms with van der Waals surface area (Å²) >= 11 is 0. The Morgan fingerprint density at radius 3 is 2.52 bits per heavy atom. The van der Waals surface area contributed by atoms with Crippen LogP contribution in [0.1, 0.15) is 11.4 Å². The highest BCUT2D eigenvalue weighted by atomic mass is 15.3. The lowest BCUT2D eigenvalue weighted by molar-refractivity contribution is 0.260. The Bertz CT molecular complexity index is 849. The predicted octanol–water partition coefficient (Wildman–Crippen LogP) is 2.04. The SMILES string of the molecule is Cc1nc(N2CCN(CCc3ccccc3)CC2)c2cnn(C)c2n1. The second kappa shape index (κ2) is 6.80. The van der Waals surface area contributed by atoms with Crippen LogP contribution >= 0.6 is 0 Å². The van der Waals surface area contributed by atoms with Gasteiger partial charge in [-0.25, -0.2) is 9.97 Å². The zero-order chi connectivity index (χ0) is 17.2. The molecule has 4 rings (SSSR count). The predicted molar refractivity (Wildman–Crippen MR) is 99.8 cm³/mol. The molecule has 6 nitrogen and oxygen atoms in total. The topological polar surface area (TPSA) is 50.1 Å². The first-order valence-electron chi connectivity index (χ1n) is 8.88. The van der Waals surface area contributed by atoms with Gasteiger partial charge in [0.2, 0.25) is 0 Å². The van der Waals surface area contributed by atoms with Crippen molar-refractivity contribution in [2.45, 2.75) is 13.3 Å². The van der Waals surface area contributed by atoms with Crippen LogP contribution in [0.25, 0.3) is 11.0 Å². The molecule has 1 aromatic carbocycles. The van der Waals surface area contributed by atoms with E-state index in [0.717, 1.165) is 61.8 Å². The van der Waals surface area contributed by atoms with Gasteiger partial charge in [-0.05, 0) is 18.9 Å². The van der Waals surface area contributed by atoms with Gasteiger partial charge in [-0.1, -0.05) is 30.3 Å². The number of fused-ring (bicyclic) bond motifs is 1. The van der Waals surface area contributed by atoms with Gasteiger partial charge >= 0.3 is 0 Å². The molecule has 3 aromatic rings. The van der Waals surface area contributed by atoms with Crippen molar-refractivity contribution in [3.05, 3.63) is 47.9 Å². The van der Waals surface area contributed by atoms with E-state index in [2.05, 4.69) is 50.2 Å². The zero-order valence-corrected chi connectivity index (χ0v) is 14.9. The molecular formula is C19H24N6. The number of rotatable bonds is 4. The summed E-state index contributed by atoms with van der Waals surface area (Å²) in [5, 5.41) is 5.39. The number of anilines is 1. The highest BCUT2D eigenvalue weighted by Crippen LogP contribution is 2.24. The van der Waals surface area contributed by atoms with Crippen molar-refractivity contribution in [2.75, 3.05) is 37.6 Å². The maximum absolute atomic E-state index is 4.70. The summed E-state index contributed by atoms with van der Waals surface area (Å²) < 4.78 is 1.82. The number of nitrogens with zero attached hydrogens (tertiary/aromatic N) is 6. The number of benzene rings is 1. The van der Waals surface area contributed by atoms with Crippen LogP contribution in [0, 0.1) is 6.92 Å². The molecule has 0 atom stereocenters. The van der Waals surface area contributed by atoms with Crippen molar-refractivity contribution in [3.8, 4) is 0 Å². The number of hydrogen-bond donors (Lipinski definition) is 0. The maximum atomic E-state index is 4.70. The van der Waals surface area contributed by atoms with Crippen LogP contribution in [0.2, 0.25) is 0 Å². The van der Waals surface area contributed by atoms with Gasteiger partial charge in [-0.15, -0.1) is 0 Å². The fourth-order valence-corrected chi connectivity index (χ4v) is 3.47. The second-order valence-corrected chi connectivity index (χ2v) is 6.66. The number of aromatic nitrogens is 4. The molecule has 130 valence electrons. The number of aryl methyl sites for hydroxylation is 2. The fourth-order valence-electron chi connectivity index (χ4n) is 3.47. The molecule has 1 aliphatic heterocycles. The molecule has 1 aliphatic rings. The van der Waals surface area contributed by atoms with Gasteiger partial charge in [0.05, 0.1) is 11.6 Å². The summed E-state index contributed by atoms with van der Waals surface area (Å²) in [7, 11) is 1.93. The highest BCUT2D eigenvalue weighted by molar-refractivity contribution is 5.87. The number of piperazine rings is 1. The first kappa shape index (κ1) is 16.0. The summed E-state index contributed by atoms with van der Waals surface area (Å²) in [5.74, 6) is 1.83. The van der Waals surface area contributed by atoms with Crippen molar-refractivity contribution in [3.63, 3.8) is 0 Å². The lowest BCUT2D eigenvalue weighted by Crippen LogP contribution is -2.47. The normalized spacial score (nSPS) is 15.8. The molecule has 0 bridgehead atoms. The van der Waals surface area contributed by atoms with E-state index in [9.17, 15) is 0 Å². The van der Waals surface area contributed by atoms with Crippen LogP contribution in [0.15, 0.2) is 36.5 Å². The molecule has 0 radical (unpaired) electrons. The lowest BCUT2D eigenvalue weighted by atomic mass is 10.1. The van der Waals surface area contributed by atoms with E-state index in [4.69, 9.17) is 4.98 Å². The zero-order valence-electron chi connectivity index (χ0n) is 14.9. The molecule has 1 saturated heterocycles. The fraction of sp³-hybridized carbons (Fsp3) is 0.421. The molecule has 0 amide bonds. The Balaban J connectivity index is 1.42. The van der Waals surface area contributed by atoms with Gasteiger partial charge in [-0.3, -0.25) is 9.58 Å². The molecule has 6 heteroatoms. The first-order chi connectivity index (χ1) is 12.2. The van der Waals surface area contributed by atoms with E-state index in [1.54, 1.807) is 0 Å². The Hall–Kier alpha value is -2.47. The Kier molecular flexibility index (Phi) is 4.36. The molecule has 0 aliphatic carbocycles. The van der Waals surface area contributed by atoms with E-state index in [0.29, 0.717) is 0 Å². The maximum Gasteiger partial charge on any atom is 0.163 e. The molecule has 3 heterocycles. The van der Waals surface area contributed by atoms with Gasteiger partial charge in [0.15, 0.2) is 5.65 Å². The Morgan fingerprint density at radius 2 is 1.76 bits per heavy atom. The van der Waals surface area contributed by atoms with Crippen molar-refractivity contribution < 1.29 is 0 Å². The summed E-state index contributed by atoms with van der Waals surface area (Å²) in [6, 6.07) is 10.7. The van der Waals surface area contributed by atoms with E-state index in [-0.39, 0.29) is 0 Å². The van der Waals surface area contributed by atoms with Gasteiger partial charge in [-0.2, -0.15) is 5.10 Å². The van der Waals surface area contributed by atoms with E-state index in [1.807, 2.05) is 24.9 Å². The third kappa shape index (κ3) is 3.35. The average Bonchev–Trinajstić information content (AvgIpc) is 3.02. The quantitative estimate of drug-likeness (QED) is 0.730. The second-order valence-electron chi connectivity index (χ2n) is 6.66. The highest BCUT2D eigenvalue weighted by Gasteiger charge is 2.21. The van der Waals surface area contributed by atoms with Crippen LogP contribution in [-0.4, -0.2) is 57.4 Å². The average molecular weight is 336 g/mol. The molecule has 0 saturated carbocycles. The van der Waals surface area contributed by atoms with Crippen LogP contribution in [-0.2, 0) is 13.5 Å². The van der Waals surface area contributed by atoms with Gasteiger partial charge in [0, 0.05) is 39.8 Å². The van der Waals surface area contributed by atoms with Crippen LogP contribution in [0.4, 0.5) is 5.82 Å². The van der Waals surface area contributed by atoms with Crippen molar-refractivity contribution >= 4 is 16.9 Å². The van der Waals surface area contributed by atoms with Gasteiger partial charge < -0.3 is 4.90 Å². The lowest BCUT2D eigenvalue weighted by Gasteiger charge is -2.35. The summed E-state index contributed by atoms with van der Waals surface area (Å²) in [5.41, 5.74) is 2.32. The minimum atomic E-state index is 0.803. The van der Waals surface area contributed by atoms with Crippen molar-refractivity contribution in [1.29, 1.82) is 0 Å². The van der Waals surface area contributed by atoms with Crippen molar-refractivity contribution in [2.24, 2.45) is 7.05 Å². The first-order valence-corrected chi connectivity index (χ1v) is 8.88. The third-order valence-electron chi connectivity index (χ3n) is 4.92. The molecule has 0 spiro atoms. The molecule has 1 fully saturated rings. The standard InChI is InChI=1S/C19H24N6/c1-15-21-18-17(14-20-23(18)2)19(22-15)25-12-10-24(11-13-25)9-8-16-6-4-3-5-7-16/h3-7,14H,8-13H2,1-2H3. The summed E-state index contributed by atoms with van der Waals surface area (Å²) in [4.78, 5) is 14.1. The van der Waals surface area contributed by atoms with E-state index >= 15 is 0 Å². The Labute approximate surface area is 148 Å². The molecule has 25 heavy (non-hydrogen) atoms. The van der Waals surface area contributed by atoms with Crippen molar-refractivity contribution in [1.82, 2.24) is 24.6 Å². The van der Waals surface area contributed by atoms with Gasteiger partial charge in [0.25, 0.3) is 0 Å². The smallest absolute Gasteiger partial charge is 0.163 e. The summed E-state index contributed by atoms with van der Waals surface area (Å²) in [6.07, 6.45) is 2.99. The Morgan fingerprint density at radius 1 is 1.00 bits per heavy atom. The monoisotopic (exact) mass is 336 g/mol. The minimum Gasteiger partial charge on any atom is -0.353 e. The largest absolute Gasteiger partial charge is 0.353 e.